The van der Waals surface area contributed by atoms with Crippen LogP contribution in [0, 0.1) is 0 Å². The molecule has 0 aliphatic carbocycles. The summed E-state index contributed by atoms with van der Waals surface area (Å²) < 4.78 is 1.84. The van der Waals surface area contributed by atoms with Crippen LogP contribution in [0.4, 0.5) is 5.82 Å². The fourth-order valence-corrected chi connectivity index (χ4v) is 4.53. The number of imidazole rings is 1. The van der Waals surface area contributed by atoms with Crippen LogP contribution in [0.3, 0.4) is 0 Å². The summed E-state index contributed by atoms with van der Waals surface area (Å²) in [5.74, 6) is 1.28. The van der Waals surface area contributed by atoms with Crippen molar-refractivity contribution in [3.8, 4) is 0 Å². The fraction of sp³-hybridized carbons (Fsp3) is 0.381. The summed E-state index contributed by atoms with van der Waals surface area (Å²) >= 11 is 6.41. The largest absolute Gasteiger partial charge is 0.358 e. The van der Waals surface area contributed by atoms with Crippen molar-refractivity contribution in [2.75, 3.05) is 25.5 Å². The highest BCUT2D eigenvalue weighted by Crippen LogP contribution is 2.29. The Kier molecular flexibility index (Phi) is 5.07. The van der Waals surface area contributed by atoms with Gasteiger partial charge in [-0.3, -0.25) is 9.36 Å². The van der Waals surface area contributed by atoms with E-state index in [0.717, 1.165) is 25.9 Å². The zero-order valence-electron chi connectivity index (χ0n) is 17.3. The van der Waals surface area contributed by atoms with E-state index in [1.54, 1.807) is 12.4 Å². The van der Waals surface area contributed by atoms with Crippen molar-refractivity contribution in [2.24, 2.45) is 0 Å². The van der Waals surface area contributed by atoms with E-state index in [9.17, 15) is 4.79 Å². The van der Waals surface area contributed by atoms with E-state index in [1.807, 2.05) is 23.6 Å². The summed E-state index contributed by atoms with van der Waals surface area (Å²) in [6, 6.07) is 5.17. The summed E-state index contributed by atoms with van der Waals surface area (Å²) in [7, 11) is 2.10. The predicted octanol–water partition coefficient (Wildman–Crippen LogP) is 3.16. The van der Waals surface area contributed by atoms with E-state index in [4.69, 9.17) is 16.6 Å². The first-order valence-electron chi connectivity index (χ1n) is 10.3. The molecule has 10 heteroatoms. The highest BCUT2D eigenvalue weighted by Gasteiger charge is 2.26. The third-order valence-electron chi connectivity index (χ3n) is 5.92. The monoisotopic (exact) mass is 438 g/mol. The molecule has 0 radical (unpaired) electrons. The maximum Gasteiger partial charge on any atom is 0.263 e. The molecule has 0 saturated carbocycles. The number of halogens is 1. The maximum absolute atomic E-state index is 13.6. The van der Waals surface area contributed by atoms with Crippen LogP contribution in [-0.2, 0) is 0 Å². The van der Waals surface area contributed by atoms with Gasteiger partial charge in [0.05, 0.1) is 28.3 Å². The lowest BCUT2D eigenvalue weighted by Gasteiger charge is -2.32. The van der Waals surface area contributed by atoms with E-state index >= 15 is 0 Å². The van der Waals surface area contributed by atoms with Crippen molar-refractivity contribution < 1.29 is 0 Å². The molecule has 1 fully saturated rings. The van der Waals surface area contributed by atoms with Gasteiger partial charge in [0.2, 0.25) is 0 Å². The lowest BCUT2D eigenvalue weighted by atomic mass is 10.0. The molecule has 5 rings (SSSR count). The number of nitrogens with zero attached hydrogens (tertiary/aromatic N) is 6. The molecule has 1 saturated heterocycles. The Labute approximate surface area is 183 Å². The van der Waals surface area contributed by atoms with Crippen molar-refractivity contribution in [1.82, 2.24) is 34.4 Å². The molecule has 160 valence electrons. The molecule has 0 spiro atoms. The average Bonchev–Trinajstić information content (AvgIpc) is 3.24. The standard InChI is InChI=1S/C21H23ClN8O/c1-12(27-19-17-18(24-10-23-17)25-11-26-19)20-28-15-5-3-4-14(22)16(15)21(31)30(20)13-6-8-29(2)9-7-13/h3-5,10-13H,6-9H2,1-2H3,(H2,23,24,25,26,27). The van der Waals surface area contributed by atoms with Gasteiger partial charge in [-0.15, -0.1) is 0 Å². The number of aromatic amines is 1. The number of nitrogens with one attached hydrogen (secondary N) is 2. The average molecular weight is 439 g/mol. The Hall–Kier alpha value is -3.04. The van der Waals surface area contributed by atoms with Crippen LogP contribution < -0.4 is 10.9 Å². The van der Waals surface area contributed by atoms with Crippen LogP contribution in [0.2, 0.25) is 5.02 Å². The summed E-state index contributed by atoms with van der Waals surface area (Å²) in [6.45, 7) is 3.84. The topological polar surface area (TPSA) is 105 Å². The third-order valence-corrected chi connectivity index (χ3v) is 6.24. The normalized spacial score (nSPS) is 16.7. The van der Waals surface area contributed by atoms with E-state index < -0.39 is 0 Å². The Morgan fingerprint density at radius 2 is 2.03 bits per heavy atom. The minimum absolute atomic E-state index is 0.0636. The molecule has 0 amide bonds. The number of likely N-dealkylation sites (tertiary alicyclic amines) is 1. The number of H-pyrrole nitrogens is 1. The first-order valence-corrected chi connectivity index (χ1v) is 10.7. The van der Waals surface area contributed by atoms with Crippen LogP contribution in [0.1, 0.15) is 37.7 Å². The lowest BCUT2D eigenvalue weighted by molar-refractivity contribution is 0.215. The highest BCUT2D eigenvalue weighted by atomic mass is 35.5. The zero-order valence-corrected chi connectivity index (χ0v) is 18.1. The van der Waals surface area contributed by atoms with Crippen LogP contribution in [0.15, 0.2) is 35.6 Å². The van der Waals surface area contributed by atoms with Gasteiger partial charge in [-0.1, -0.05) is 17.7 Å². The Bertz CT molecular complexity index is 1310. The number of hydrogen-bond donors (Lipinski definition) is 2. The molecular formula is C21H23ClN8O. The van der Waals surface area contributed by atoms with Gasteiger partial charge < -0.3 is 15.2 Å². The van der Waals surface area contributed by atoms with Crippen molar-refractivity contribution >= 4 is 39.5 Å². The first kappa shape index (κ1) is 19.9. The number of anilines is 1. The molecule has 3 aromatic heterocycles. The number of hydrogen-bond acceptors (Lipinski definition) is 7. The highest BCUT2D eigenvalue weighted by molar-refractivity contribution is 6.35. The fourth-order valence-electron chi connectivity index (χ4n) is 4.28. The van der Waals surface area contributed by atoms with Gasteiger partial charge in [0.1, 0.15) is 17.7 Å². The molecule has 2 N–H and O–H groups in total. The second-order valence-electron chi connectivity index (χ2n) is 8.00. The van der Waals surface area contributed by atoms with Gasteiger partial charge in [-0.25, -0.2) is 19.9 Å². The minimum Gasteiger partial charge on any atom is -0.358 e. The quantitative estimate of drug-likeness (QED) is 0.504. The molecular weight excluding hydrogens is 416 g/mol. The molecule has 9 nitrogen and oxygen atoms in total. The molecule has 1 aliphatic rings. The van der Waals surface area contributed by atoms with Gasteiger partial charge in [-0.05, 0) is 52.0 Å². The smallest absolute Gasteiger partial charge is 0.263 e. The van der Waals surface area contributed by atoms with Gasteiger partial charge in [0.25, 0.3) is 5.56 Å². The van der Waals surface area contributed by atoms with Crippen molar-refractivity contribution in [1.29, 1.82) is 0 Å². The summed E-state index contributed by atoms with van der Waals surface area (Å²) in [5.41, 5.74) is 1.80. The van der Waals surface area contributed by atoms with Crippen LogP contribution >= 0.6 is 11.6 Å². The number of aromatic nitrogens is 6. The number of rotatable bonds is 4. The summed E-state index contributed by atoms with van der Waals surface area (Å²) in [6.07, 6.45) is 4.81. The van der Waals surface area contributed by atoms with Crippen molar-refractivity contribution in [2.45, 2.75) is 31.8 Å². The first-order chi connectivity index (χ1) is 15.0. The van der Waals surface area contributed by atoms with Crippen molar-refractivity contribution in [3.05, 3.63) is 52.1 Å². The summed E-state index contributed by atoms with van der Waals surface area (Å²) in [5, 5.41) is 4.29. The van der Waals surface area contributed by atoms with E-state index in [0.29, 0.717) is 38.7 Å². The summed E-state index contributed by atoms with van der Waals surface area (Å²) in [4.78, 5) is 36.6. The van der Waals surface area contributed by atoms with Gasteiger partial charge in [-0.2, -0.15) is 0 Å². The third kappa shape index (κ3) is 3.53. The minimum atomic E-state index is -0.280. The molecule has 31 heavy (non-hydrogen) atoms. The van der Waals surface area contributed by atoms with Crippen LogP contribution in [0.25, 0.3) is 22.1 Å². The molecule has 4 aromatic rings. The molecule has 1 atom stereocenters. The lowest BCUT2D eigenvalue weighted by Crippen LogP contribution is -2.38. The molecule has 4 heterocycles. The Morgan fingerprint density at radius 1 is 1.23 bits per heavy atom. The zero-order chi connectivity index (χ0) is 21.5. The van der Waals surface area contributed by atoms with Crippen molar-refractivity contribution in [3.63, 3.8) is 0 Å². The number of piperidine rings is 1. The molecule has 1 unspecified atom stereocenters. The molecule has 0 bridgehead atoms. The van der Waals surface area contributed by atoms with Gasteiger partial charge in [0.15, 0.2) is 11.5 Å². The second kappa shape index (κ2) is 7.90. The number of fused-ring (bicyclic) bond motifs is 2. The van der Waals surface area contributed by atoms with E-state index in [1.165, 1.54) is 6.33 Å². The van der Waals surface area contributed by atoms with Gasteiger partial charge >= 0.3 is 0 Å². The van der Waals surface area contributed by atoms with Gasteiger partial charge in [0, 0.05) is 6.04 Å². The Balaban J connectivity index is 1.63. The molecule has 1 aliphatic heterocycles. The Morgan fingerprint density at radius 3 is 2.84 bits per heavy atom. The molecule has 1 aromatic carbocycles. The van der Waals surface area contributed by atoms with Crippen LogP contribution in [-0.4, -0.2) is 54.5 Å². The SMILES string of the molecule is CC(Nc1ncnc2nc[nH]c12)c1nc2cccc(Cl)c2c(=O)n1C1CCN(C)CC1. The predicted molar refractivity (Wildman–Crippen MR) is 121 cm³/mol. The van der Waals surface area contributed by atoms with E-state index in [-0.39, 0.29) is 17.6 Å². The van der Waals surface area contributed by atoms with Crippen LogP contribution in [0.5, 0.6) is 0 Å². The van der Waals surface area contributed by atoms with E-state index in [2.05, 4.69) is 37.2 Å². The number of benzene rings is 1. The second-order valence-corrected chi connectivity index (χ2v) is 8.41. The maximum atomic E-state index is 13.6.